The number of hydrogen-bond acceptors (Lipinski definition) is 3. The predicted molar refractivity (Wildman–Crippen MR) is 54.4 cm³/mol. The standard InChI is InChI=1S/C9H16N2O2Se/c10-6(9(12)13)3-5-4-11-7-1-2-14-8(5)7/h5-8,11H,1-4,10H2,(H,12,13)/t5?,6-,7?,8?/m0/s1. The number of aliphatic carboxylic acids is 1. The van der Waals surface area contributed by atoms with Crippen LogP contribution in [0.2, 0.25) is 10.1 Å². The van der Waals surface area contributed by atoms with E-state index in [1.165, 1.54) is 11.7 Å². The Kier molecular flexibility index (Phi) is 3.12. The van der Waals surface area contributed by atoms with Crippen LogP contribution < -0.4 is 11.1 Å². The van der Waals surface area contributed by atoms with Crippen molar-refractivity contribution in [2.24, 2.45) is 11.7 Å². The molecule has 2 aliphatic rings. The van der Waals surface area contributed by atoms with Gasteiger partial charge in [0.2, 0.25) is 0 Å². The number of hydrogen-bond donors (Lipinski definition) is 3. The van der Waals surface area contributed by atoms with E-state index in [0.29, 0.717) is 33.3 Å². The van der Waals surface area contributed by atoms with E-state index in [0.717, 1.165) is 11.4 Å². The maximum atomic E-state index is 10.6. The van der Waals surface area contributed by atoms with E-state index < -0.39 is 12.0 Å². The van der Waals surface area contributed by atoms with Crippen molar-refractivity contribution in [1.82, 2.24) is 5.32 Å². The van der Waals surface area contributed by atoms with Crippen LogP contribution in [-0.4, -0.2) is 44.7 Å². The minimum atomic E-state index is -0.862. The van der Waals surface area contributed by atoms with Crippen LogP contribution in [0.4, 0.5) is 0 Å². The number of rotatable bonds is 3. The Hall–Kier alpha value is -0.0905. The average molecular weight is 263 g/mol. The molecule has 2 heterocycles. The topological polar surface area (TPSA) is 75.3 Å². The second kappa shape index (κ2) is 4.19. The molecule has 0 saturated carbocycles. The summed E-state index contributed by atoms with van der Waals surface area (Å²) in [6, 6.07) is -0.00190. The molecule has 0 aromatic rings. The van der Waals surface area contributed by atoms with Gasteiger partial charge < -0.3 is 0 Å². The van der Waals surface area contributed by atoms with Crippen molar-refractivity contribution < 1.29 is 9.90 Å². The molecule has 2 fully saturated rings. The normalized spacial score (nSPS) is 38.2. The van der Waals surface area contributed by atoms with Crippen molar-refractivity contribution in [3.8, 4) is 0 Å². The molecular weight excluding hydrogens is 247 g/mol. The van der Waals surface area contributed by atoms with Gasteiger partial charge in [-0.15, -0.1) is 0 Å². The van der Waals surface area contributed by atoms with Crippen molar-refractivity contribution in [1.29, 1.82) is 0 Å². The third-order valence-electron chi connectivity index (χ3n) is 3.12. The van der Waals surface area contributed by atoms with Crippen LogP contribution in [0.3, 0.4) is 0 Å². The van der Waals surface area contributed by atoms with Crippen LogP contribution in [0.25, 0.3) is 0 Å². The van der Waals surface area contributed by atoms with Gasteiger partial charge in [0, 0.05) is 0 Å². The van der Waals surface area contributed by atoms with Gasteiger partial charge in [0.15, 0.2) is 0 Å². The van der Waals surface area contributed by atoms with E-state index in [1.807, 2.05) is 0 Å². The molecule has 0 aromatic carbocycles. The Morgan fingerprint density at radius 1 is 1.71 bits per heavy atom. The molecule has 4 atom stereocenters. The maximum absolute atomic E-state index is 10.6. The molecule has 3 unspecified atom stereocenters. The number of fused-ring (bicyclic) bond motifs is 1. The number of nitrogens with one attached hydrogen (secondary N) is 1. The van der Waals surface area contributed by atoms with Gasteiger partial charge in [0.25, 0.3) is 0 Å². The van der Waals surface area contributed by atoms with Crippen molar-refractivity contribution in [2.45, 2.75) is 35.1 Å². The summed E-state index contributed by atoms with van der Waals surface area (Å²) in [5.74, 6) is -0.354. The number of carbonyl (C=O) groups is 1. The summed E-state index contributed by atoms with van der Waals surface area (Å²) in [4.78, 5) is 11.4. The molecule has 0 spiro atoms. The molecule has 0 bridgehead atoms. The molecule has 4 N–H and O–H groups in total. The molecule has 80 valence electrons. The third-order valence-corrected chi connectivity index (χ3v) is 6.41. The fourth-order valence-electron chi connectivity index (χ4n) is 2.36. The van der Waals surface area contributed by atoms with Gasteiger partial charge in [-0.2, -0.15) is 0 Å². The van der Waals surface area contributed by atoms with Crippen LogP contribution in [0, 0.1) is 5.92 Å². The second-order valence-corrected chi connectivity index (χ2v) is 6.78. The van der Waals surface area contributed by atoms with E-state index in [-0.39, 0.29) is 0 Å². The summed E-state index contributed by atoms with van der Waals surface area (Å²) in [6.07, 6.45) is 1.93. The van der Waals surface area contributed by atoms with Gasteiger partial charge in [-0.1, -0.05) is 0 Å². The van der Waals surface area contributed by atoms with Crippen LogP contribution in [0.1, 0.15) is 12.8 Å². The molecule has 0 amide bonds. The fourth-order valence-corrected chi connectivity index (χ4v) is 5.73. The molecule has 14 heavy (non-hydrogen) atoms. The molecule has 4 nitrogen and oxygen atoms in total. The zero-order chi connectivity index (χ0) is 10.1. The monoisotopic (exact) mass is 264 g/mol. The van der Waals surface area contributed by atoms with Gasteiger partial charge in [-0.3, -0.25) is 0 Å². The Morgan fingerprint density at radius 2 is 2.50 bits per heavy atom. The molecule has 5 heteroatoms. The second-order valence-electron chi connectivity index (χ2n) is 4.08. The Bertz CT molecular complexity index is 237. The van der Waals surface area contributed by atoms with Gasteiger partial charge in [0.05, 0.1) is 0 Å². The number of nitrogens with two attached hydrogens (primary N) is 1. The molecule has 0 radical (unpaired) electrons. The SMILES string of the molecule is N[C@@H](CC1CNC2CC[Se]C12)C(=O)O. The fraction of sp³-hybridized carbons (Fsp3) is 0.889. The zero-order valence-corrected chi connectivity index (χ0v) is 9.69. The zero-order valence-electron chi connectivity index (χ0n) is 7.98. The van der Waals surface area contributed by atoms with Crippen LogP contribution >= 0.6 is 0 Å². The molecule has 0 aromatic heterocycles. The molecular formula is C9H16N2O2Se. The van der Waals surface area contributed by atoms with E-state index >= 15 is 0 Å². The van der Waals surface area contributed by atoms with Gasteiger partial charge >= 0.3 is 89.4 Å². The summed E-state index contributed by atoms with van der Waals surface area (Å²) in [5.41, 5.74) is 5.56. The summed E-state index contributed by atoms with van der Waals surface area (Å²) in [5, 5.41) is 13.6. The van der Waals surface area contributed by atoms with E-state index in [1.54, 1.807) is 0 Å². The summed E-state index contributed by atoms with van der Waals surface area (Å²) in [6.45, 7) is 0.970. The first-order valence-corrected chi connectivity index (χ1v) is 7.22. The quantitative estimate of drug-likeness (QED) is 0.611. The first-order chi connectivity index (χ1) is 6.68. The molecule has 0 aliphatic carbocycles. The summed E-state index contributed by atoms with van der Waals surface area (Å²) in [7, 11) is 0. The van der Waals surface area contributed by atoms with Gasteiger partial charge in [0.1, 0.15) is 0 Å². The average Bonchev–Trinajstić information content (AvgIpc) is 2.69. The van der Waals surface area contributed by atoms with Crippen LogP contribution in [0.15, 0.2) is 0 Å². The molecule has 2 rings (SSSR count). The van der Waals surface area contributed by atoms with E-state index in [9.17, 15) is 4.79 Å². The Morgan fingerprint density at radius 3 is 3.21 bits per heavy atom. The van der Waals surface area contributed by atoms with Crippen LogP contribution in [-0.2, 0) is 4.79 Å². The summed E-state index contributed by atoms with van der Waals surface area (Å²) >= 11 is 0.705. The van der Waals surface area contributed by atoms with Crippen molar-refractivity contribution in [3.05, 3.63) is 0 Å². The predicted octanol–water partition coefficient (Wildman–Crippen LogP) is -0.309. The third kappa shape index (κ3) is 1.96. The number of carboxylic acids is 1. The molecule has 2 saturated heterocycles. The van der Waals surface area contributed by atoms with E-state index in [4.69, 9.17) is 10.8 Å². The van der Waals surface area contributed by atoms with Crippen molar-refractivity contribution in [3.63, 3.8) is 0 Å². The van der Waals surface area contributed by atoms with Crippen LogP contribution in [0.5, 0.6) is 0 Å². The first-order valence-electron chi connectivity index (χ1n) is 5.02. The summed E-state index contributed by atoms with van der Waals surface area (Å²) < 4.78 is 0. The molecule has 2 aliphatic heterocycles. The number of carboxylic acid groups (broad SMARTS) is 1. The Balaban J connectivity index is 1.89. The van der Waals surface area contributed by atoms with Crippen molar-refractivity contribution >= 4 is 20.9 Å². The Labute approximate surface area is 89.8 Å². The van der Waals surface area contributed by atoms with E-state index in [2.05, 4.69) is 5.32 Å². The minimum absolute atomic E-state index is 0.508. The van der Waals surface area contributed by atoms with Gasteiger partial charge in [-0.25, -0.2) is 0 Å². The first kappa shape index (κ1) is 10.4. The van der Waals surface area contributed by atoms with Crippen molar-refractivity contribution in [2.75, 3.05) is 6.54 Å². The van der Waals surface area contributed by atoms with Gasteiger partial charge in [-0.05, 0) is 0 Å².